The van der Waals surface area contributed by atoms with Gasteiger partial charge < -0.3 is 9.84 Å². The molecule has 1 aromatic carbocycles. The van der Waals surface area contributed by atoms with Gasteiger partial charge in [-0.1, -0.05) is 30.3 Å². The number of benzene rings is 1. The van der Waals surface area contributed by atoms with Gasteiger partial charge in [0.15, 0.2) is 0 Å². The van der Waals surface area contributed by atoms with Crippen molar-refractivity contribution in [2.45, 2.75) is 38.9 Å². The van der Waals surface area contributed by atoms with E-state index in [1.165, 1.54) is 0 Å². The topological polar surface area (TPSA) is 46.5 Å². The van der Waals surface area contributed by atoms with Gasteiger partial charge in [0.1, 0.15) is 5.60 Å². The lowest BCUT2D eigenvalue weighted by Crippen LogP contribution is -2.24. The maximum atomic E-state index is 11.5. The second-order valence-corrected chi connectivity index (χ2v) is 4.72. The number of carbonyl (C=O) groups is 1. The van der Waals surface area contributed by atoms with E-state index in [2.05, 4.69) is 0 Å². The molecule has 16 heavy (non-hydrogen) atoms. The Kier molecular flexibility index (Phi) is 4.07. The van der Waals surface area contributed by atoms with Gasteiger partial charge in [0, 0.05) is 0 Å². The van der Waals surface area contributed by atoms with Gasteiger partial charge in [-0.2, -0.15) is 0 Å². The van der Waals surface area contributed by atoms with Gasteiger partial charge >= 0.3 is 5.97 Å². The van der Waals surface area contributed by atoms with Crippen LogP contribution in [0.5, 0.6) is 0 Å². The molecule has 3 nitrogen and oxygen atoms in total. The Morgan fingerprint density at radius 2 is 1.88 bits per heavy atom. The fraction of sp³-hybridized carbons (Fsp3) is 0.462. The van der Waals surface area contributed by atoms with Crippen molar-refractivity contribution < 1.29 is 14.6 Å². The summed E-state index contributed by atoms with van der Waals surface area (Å²) in [6.07, 6.45) is -0.808. The second kappa shape index (κ2) is 5.12. The average Bonchev–Trinajstić information content (AvgIpc) is 2.16. The zero-order valence-corrected chi connectivity index (χ0v) is 9.93. The third kappa shape index (κ3) is 4.45. The third-order valence-electron chi connectivity index (χ3n) is 1.96. The first-order valence-electron chi connectivity index (χ1n) is 5.33. The Bertz CT molecular complexity index is 338. The van der Waals surface area contributed by atoms with Crippen LogP contribution in [-0.2, 0) is 9.53 Å². The zero-order valence-electron chi connectivity index (χ0n) is 9.93. The maximum absolute atomic E-state index is 11.5. The highest BCUT2D eigenvalue weighted by Crippen LogP contribution is 2.18. The monoisotopic (exact) mass is 222 g/mol. The Balaban J connectivity index is 2.52. The summed E-state index contributed by atoms with van der Waals surface area (Å²) in [6.45, 7) is 5.42. The van der Waals surface area contributed by atoms with Crippen molar-refractivity contribution in [1.82, 2.24) is 0 Å². The molecular formula is C13H18O3. The van der Waals surface area contributed by atoms with E-state index in [-0.39, 0.29) is 12.4 Å². The van der Waals surface area contributed by atoms with Gasteiger partial charge in [-0.25, -0.2) is 0 Å². The number of carbonyl (C=O) groups excluding carboxylic acids is 1. The molecule has 0 heterocycles. The number of aliphatic hydroxyl groups is 1. The summed E-state index contributed by atoms with van der Waals surface area (Å²) in [6, 6.07) is 9.09. The lowest BCUT2D eigenvalue weighted by Gasteiger charge is -2.20. The molecule has 0 fully saturated rings. The highest BCUT2D eigenvalue weighted by molar-refractivity contribution is 5.70. The van der Waals surface area contributed by atoms with Crippen LogP contribution < -0.4 is 0 Å². The van der Waals surface area contributed by atoms with Crippen LogP contribution in [0.2, 0.25) is 0 Å². The Morgan fingerprint density at radius 1 is 1.31 bits per heavy atom. The highest BCUT2D eigenvalue weighted by atomic mass is 16.6. The van der Waals surface area contributed by atoms with Crippen molar-refractivity contribution in [3.63, 3.8) is 0 Å². The van der Waals surface area contributed by atoms with Crippen LogP contribution in [0.1, 0.15) is 38.9 Å². The second-order valence-electron chi connectivity index (χ2n) is 4.72. The van der Waals surface area contributed by atoms with Crippen LogP contribution in [0, 0.1) is 0 Å². The molecule has 0 bridgehead atoms. The van der Waals surface area contributed by atoms with Gasteiger partial charge in [-0.3, -0.25) is 4.79 Å². The van der Waals surface area contributed by atoms with Gasteiger partial charge in [0.2, 0.25) is 0 Å². The quantitative estimate of drug-likeness (QED) is 0.799. The summed E-state index contributed by atoms with van der Waals surface area (Å²) in [7, 11) is 0. The molecular weight excluding hydrogens is 204 g/mol. The zero-order chi connectivity index (χ0) is 12.2. The summed E-state index contributed by atoms with van der Waals surface area (Å²) < 4.78 is 5.13. The van der Waals surface area contributed by atoms with E-state index in [0.717, 1.165) is 5.56 Å². The molecule has 1 N–H and O–H groups in total. The van der Waals surface area contributed by atoms with E-state index in [9.17, 15) is 9.90 Å². The van der Waals surface area contributed by atoms with Gasteiger partial charge in [-0.05, 0) is 26.3 Å². The highest BCUT2D eigenvalue weighted by Gasteiger charge is 2.19. The van der Waals surface area contributed by atoms with Gasteiger partial charge in [0.05, 0.1) is 12.5 Å². The lowest BCUT2D eigenvalue weighted by atomic mass is 10.1. The number of hydrogen-bond acceptors (Lipinski definition) is 3. The summed E-state index contributed by atoms with van der Waals surface area (Å²) >= 11 is 0. The summed E-state index contributed by atoms with van der Waals surface area (Å²) in [5, 5.41) is 9.79. The smallest absolute Gasteiger partial charge is 0.309 e. The van der Waals surface area contributed by atoms with Crippen LogP contribution in [0.4, 0.5) is 0 Å². The minimum Gasteiger partial charge on any atom is -0.460 e. The fourth-order valence-electron chi connectivity index (χ4n) is 1.33. The van der Waals surface area contributed by atoms with Gasteiger partial charge in [0.25, 0.3) is 0 Å². The van der Waals surface area contributed by atoms with Crippen molar-refractivity contribution in [2.24, 2.45) is 0 Å². The van der Waals surface area contributed by atoms with Crippen LogP contribution >= 0.6 is 0 Å². The van der Waals surface area contributed by atoms with E-state index >= 15 is 0 Å². The molecule has 0 amide bonds. The number of rotatable bonds is 3. The Labute approximate surface area is 96.1 Å². The third-order valence-corrected chi connectivity index (χ3v) is 1.96. The van der Waals surface area contributed by atoms with E-state index in [4.69, 9.17) is 4.74 Å². The predicted molar refractivity (Wildman–Crippen MR) is 61.9 cm³/mol. The minimum atomic E-state index is -0.795. The van der Waals surface area contributed by atoms with Crippen molar-refractivity contribution in [3.05, 3.63) is 35.9 Å². The molecule has 1 atom stereocenters. The molecule has 0 aliphatic rings. The van der Waals surface area contributed by atoms with E-state index in [0.29, 0.717) is 0 Å². The SMILES string of the molecule is CC(C)(C)OC(=O)C[C@@H](O)c1ccccc1. The minimum absolute atomic E-state index is 0.0126. The summed E-state index contributed by atoms with van der Waals surface area (Å²) in [5.41, 5.74) is 0.224. The predicted octanol–water partition coefficient (Wildman–Crippen LogP) is 2.45. The lowest BCUT2D eigenvalue weighted by molar-refractivity contribution is -0.157. The molecule has 0 aliphatic carbocycles. The van der Waals surface area contributed by atoms with Crippen LogP contribution in [0.3, 0.4) is 0 Å². The van der Waals surface area contributed by atoms with Crippen molar-refractivity contribution in [2.75, 3.05) is 0 Å². The largest absolute Gasteiger partial charge is 0.460 e. The molecule has 0 saturated heterocycles. The molecule has 0 saturated carbocycles. The molecule has 0 unspecified atom stereocenters. The number of esters is 1. The van der Waals surface area contributed by atoms with Crippen LogP contribution in [0.15, 0.2) is 30.3 Å². The van der Waals surface area contributed by atoms with Crippen LogP contribution in [0.25, 0.3) is 0 Å². The van der Waals surface area contributed by atoms with Crippen LogP contribution in [-0.4, -0.2) is 16.7 Å². The van der Waals surface area contributed by atoms with E-state index < -0.39 is 11.7 Å². The van der Waals surface area contributed by atoms with E-state index in [1.54, 1.807) is 32.9 Å². The van der Waals surface area contributed by atoms with Crippen molar-refractivity contribution >= 4 is 5.97 Å². The fourth-order valence-corrected chi connectivity index (χ4v) is 1.33. The molecule has 0 aromatic heterocycles. The standard InChI is InChI=1S/C13H18O3/c1-13(2,3)16-12(15)9-11(14)10-7-5-4-6-8-10/h4-8,11,14H,9H2,1-3H3/t11-/m1/s1. The first-order valence-corrected chi connectivity index (χ1v) is 5.33. The molecule has 88 valence electrons. The summed E-state index contributed by atoms with van der Waals surface area (Å²) in [5.74, 6) is -0.385. The van der Waals surface area contributed by atoms with Crippen molar-refractivity contribution in [1.29, 1.82) is 0 Å². The van der Waals surface area contributed by atoms with E-state index in [1.807, 2.05) is 18.2 Å². The Morgan fingerprint density at radius 3 is 2.38 bits per heavy atom. The first-order chi connectivity index (χ1) is 7.38. The molecule has 3 heteroatoms. The summed E-state index contributed by atoms with van der Waals surface area (Å²) in [4.78, 5) is 11.5. The molecule has 0 aliphatic heterocycles. The molecule has 0 spiro atoms. The normalized spacial score (nSPS) is 13.2. The number of hydrogen-bond donors (Lipinski definition) is 1. The van der Waals surface area contributed by atoms with Crippen molar-refractivity contribution in [3.8, 4) is 0 Å². The van der Waals surface area contributed by atoms with Gasteiger partial charge in [-0.15, -0.1) is 0 Å². The molecule has 1 aromatic rings. The maximum Gasteiger partial charge on any atom is 0.309 e. The first kappa shape index (κ1) is 12.7. The molecule has 1 rings (SSSR count). The average molecular weight is 222 g/mol. The number of aliphatic hydroxyl groups excluding tert-OH is 1. The molecule has 0 radical (unpaired) electrons. The Hall–Kier alpha value is -1.35. The number of ether oxygens (including phenoxy) is 1.